The molecular formula is C32H38F6N4O4. The van der Waals surface area contributed by atoms with Gasteiger partial charge in [-0.15, -0.1) is 0 Å². The number of carboxylic acid groups (broad SMARTS) is 1. The molecule has 1 unspecified atom stereocenters. The minimum absolute atomic E-state index is 0.0505. The van der Waals surface area contributed by atoms with E-state index in [1.807, 2.05) is 6.92 Å². The average Bonchev–Trinajstić information content (AvgIpc) is 3.79. The maximum Gasteiger partial charge on any atom is 0.416 e. The third-order valence-corrected chi connectivity index (χ3v) is 9.19. The Kier molecular flexibility index (Phi) is 9.74. The fourth-order valence-corrected chi connectivity index (χ4v) is 6.58. The van der Waals surface area contributed by atoms with Crippen molar-refractivity contribution in [1.29, 1.82) is 0 Å². The number of amides is 1. The van der Waals surface area contributed by atoms with E-state index in [1.54, 1.807) is 6.20 Å². The summed E-state index contributed by atoms with van der Waals surface area (Å²) in [5.41, 5.74) is -2.08. The van der Waals surface area contributed by atoms with Crippen LogP contribution in [0.3, 0.4) is 0 Å². The summed E-state index contributed by atoms with van der Waals surface area (Å²) in [6, 6.07) is 0.343. The molecule has 0 radical (unpaired) electrons. The van der Waals surface area contributed by atoms with Crippen LogP contribution in [0.5, 0.6) is 0 Å². The van der Waals surface area contributed by atoms with Gasteiger partial charge in [-0.2, -0.15) is 26.3 Å². The van der Waals surface area contributed by atoms with Gasteiger partial charge in [0.25, 0.3) is 0 Å². The molecule has 2 heterocycles. The highest BCUT2D eigenvalue weighted by Crippen LogP contribution is 2.43. The molecule has 5 rings (SSSR count). The number of cyclic esters (lactones) is 1. The van der Waals surface area contributed by atoms with Crippen LogP contribution in [0.1, 0.15) is 105 Å². The maximum atomic E-state index is 13.6. The molecule has 2 atom stereocenters. The standard InChI is InChI=1S/C32H38F6N4O4/c1-3-10-41(16-20-6-4-19(5-7-20)11-27(43)44)29-26(40-25(15-39-29)21-8-9-21)17-42-18(2)28(46-30(42)45)22-12-23(31(33,34)35)14-24(13-22)32(36,37)38/h12-15,18-21,28H,3-11,16-17H2,1-2H3,(H,43,44)/t18-,19?,20?,28?/m0/s1. The number of carbonyl (C=O) groups excluding carboxylic acids is 1. The van der Waals surface area contributed by atoms with Crippen molar-refractivity contribution in [3.8, 4) is 0 Å². The molecule has 1 saturated heterocycles. The molecule has 1 aliphatic heterocycles. The monoisotopic (exact) mass is 656 g/mol. The van der Waals surface area contributed by atoms with Gasteiger partial charge in [-0.25, -0.2) is 9.78 Å². The lowest BCUT2D eigenvalue weighted by atomic mass is 9.80. The summed E-state index contributed by atoms with van der Waals surface area (Å²) < 4.78 is 86.8. The number of hydrogen-bond donors (Lipinski definition) is 1. The van der Waals surface area contributed by atoms with Gasteiger partial charge < -0.3 is 14.7 Å². The number of alkyl halides is 6. The summed E-state index contributed by atoms with van der Waals surface area (Å²) >= 11 is 0. The molecule has 2 aromatic rings. The van der Waals surface area contributed by atoms with E-state index in [0.29, 0.717) is 42.7 Å². The number of nitrogens with zero attached hydrogens (tertiary/aromatic N) is 4. The minimum Gasteiger partial charge on any atom is -0.481 e. The van der Waals surface area contributed by atoms with Gasteiger partial charge in [-0.1, -0.05) is 6.92 Å². The summed E-state index contributed by atoms with van der Waals surface area (Å²) in [6.45, 7) is 4.77. The third kappa shape index (κ3) is 7.86. The van der Waals surface area contributed by atoms with E-state index in [4.69, 9.17) is 19.8 Å². The number of aromatic nitrogens is 2. The average molecular weight is 657 g/mol. The van der Waals surface area contributed by atoms with Crippen molar-refractivity contribution >= 4 is 17.9 Å². The van der Waals surface area contributed by atoms with E-state index in [-0.39, 0.29) is 30.9 Å². The van der Waals surface area contributed by atoms with Crippen LogP contribution in [0, 0.1) is 11.8 Å². The Hall–Kier alpha value is -3.58. The highest BCUT2D eigenvalue weighted by atomic mass is 19.4. The van der Waals surface area contributed by atoms with Gasteiger partial charge in [-0.05, 0) is 87.5 Å². The van der Waals surface area contributed by atoms with Crippen molar-refractivity contribution < 1.29 is 45.8 Å². The van der Waals surface area contributed by atoms with Crippen molar-refractivity contribution in [3.63, 3.8) is 0 Å². The fourth-order valence-electron chi connectivity index (χ4n) is 6.58. The number of ether oxygens (including phenoxy) is 1. The fraction of sp³-hybridized carbons (Fsp3) is 0.625. The first kappa shape index (κ1) is 33.8. The van der Waals surface area contributed by atoms with E-state index in [0.717, 1.165) is 50.6 Å². The van der Waals surface area contributed by atoms with E-state index in [9.17, 15) is 35.9 Å². The summed E-state index contributed by atoms with van der Waals surface area (Å²) in [6.07, 6.45) is -4.34. The zero-order valence-electron chi connectivity index (χ0n) is 25.7. The molecule has 252 valence electrons. The van der Waals surface area contributed by atoms with Crippen molar-refractivity contribution in [1.82, 2.24) is 14.9 Å². The summed E-state index contributed by atoms with van der Waals surface area (Å²) in [5.74, 6) is 0.476. The lowest BCUT2D eigenvalue weighted by Gasteiger charge is -2.34. The molecule has 3 fully saturated rings. The van der Waals surface area contributed by atoms with Gasteiger partial charge in [0.05, 0.1) is 35.6 Å². The first-order chi connectivity index (χ1) is 21.6. The van der Waals surface area contributed by atoms with E-state index < -0.39 is 53.3 Å². The van der Waals surface area contributed by atoms with E-state index >= 15 is 0 Å². The molecule has 1 N–H and O–H groups in total. The van der Waals surface area contributed by atoms with E-state index in [1.165, 1.54) is 11.8 Å². The van der Waals surface area contributed by atoms with Gasteiger partial charge in [0.2, 0.25) is 0 Å². The largest absolute Gasteiger partial charge is 0.481 e. The van der Waals surface area contributed by atoms with Crippen molar-refractivity contribution in [2.45, 2.75) is 102 Å². The number of carboxylic acids is 1. The van der Waals surface area contributed by atoms with Crippen LogP contribution in [0.2, 0.25) is 0 Å². The van der Waals surface area contributed by atoms with E-state index in [2.05, 4.69) is 4.90 Å². The van der Waals surface area contributed by atoms with Crippen LogP contribution < -0.4 is 4.90 Å². The number of benzene rings is 1. The zero-order valence-corrected chi connectivity index (χ0v) is 25.7. The number of rotatable bonds is 11. The molecule has 0 bridgehead atoms. The summed E-state index contributed by atoms with van der Waals surface area (Å²) in [5, 5.41) is 9.17. The smallest absolute Gasteiger partial charge is 0.416 e. The molecule has 2 aliphatic carbocycles. The van der Waals surface area contributed by atoms with Crippen molar-refractivity contribution in [3.05, 3.63) is 52.5 Å². The number of halogens is 6. The van der Waals surface area contributed by atoms with Crippen molar-refractivity contribution in [2.24, 2.45) is 11.8 Å². The zero-order chi connectivity index (χ0) is 33.4. The predicted molar refractivity (Wildman–Crippen MR) is 155 cm³/mol. The lowest BCUT2D eigenvalue weighted by Crippen LogP contribution is -2.36. The second kappa shape index (κ2) is 13.3. The van der Waals surface area contributed by atoms with Gasteiger partial charge in [0, 0.05) is 25.4 Å². The van der Waals surface area contributed by atoms with Crippen LogP contribution in [-0.4, -0.2) is 51.2 Å². The SMILES string of the molecule is CCCN(CC1CCC(CC(=O)O)CC1)c1ncc(C2CC2)nc1CN1C(=O)OC(c2cc(C(F)(F)F)cc(C(F)(F)F)c2)[C@@H]1C. The van der Waals surface area contributed by atoms with Crippen molar-refractivity contribution in [2.75, 3.05) is 18.0 Å². The molecule has 46 heavy (non-hydrogen) atoms. The number of anilines is 1. The van der Waals surface area contributed by atoms with Crippen LogP contribution in [0.25, 0.3) is 0 Å². The summed E-state index contributed by atoms with van der Waals surface area (Å²) in [4.78, 5) is 37.4. The van der Waals surface area contributed by atoms with Gasteiger partial charge >= 0.3 is 24.4 Å². The highest BCUT2D eigenvalue weighted by Gasteiger charge is 2.44. The Morgan fingerprint density at radius 3 is 2.15 bits per heavy atom. The summed E-state index contributed by atoms with van der Waals surface area (Å²) in [7, 11) is 0. The van der Waals surface area contributed by atoms with Gasteiger partial charge in [0.15, 0.2) is 5.82 Å². The molecular weight excluding hydrogens is 618 g/mol. The highest BCUT2D eigenvalue weighted by molar-refractivity contribution is 5.71. The first-order valence-electron chi connectivity index (χ1n) is 15.7. The quantitative estimate of drug-likeness (QED) is 0.245. The van der Waals surface area contributed by atoms with Crippen LogP contribution in [0.15, 0.2) is 24.4 Å². The molecule has 14 heteroatoms. The Labute approximate surface area is 263 Å². The second-order valence-electron chi connectivity index (χ2n) is 12.8. The molecule has 1 amide bonds. The third-order valence-electron chi connectivity index (χ3n) is 9.19. The van der Waals surface area contributed by atoms with Crippen LogP contribution in [0.4, 0.5) is 37.0 Å². The van der Waals surface area contributed by atoms with Gasteiger partial charge in [0.1, 0.15) is 11.8 Å². The molecule has 8 nitrogen and oxygen atoms in total. The number of hydrogen-bond acceptors (Lipinski definition) is 6. The Bertz CT molecular complexity index is 1390. The van der Waals surface area contributed by atoms with Crippen LogP contribution in [-0.2, 0) is 28.4 Å². The molecule has 1 aromatic carbocycles. The lowest BCUT2D eigenvalue weighted by molar-refractivity contribution is -0.143. The van der Waals surface area contributed by atoms with Gasteiger partial charge in [-0.3, -0.25) is 14.7 Å². The molecule has 2 saturated carbocycles. The number of aliphatic carboxylic acids is 1. The second-order valence-corrected chi connectivity index (χ2v) is 12.8. The Morgan fingerprint density at radius 2 is 1.61 bits per heavy atom. The predicted octanol–water partition coefficient (Wildman–Crippen LogP) is 7.97. The molecule has 1 aromatic heterocycles. The first-order valence-corrected chi connectivity index (χ1v) is 15.7. The molecule has 3 aliphatic rings. The maximum absolute atomic E-state index is 13.6. The molecule has 0 spiro atoms. The topological polar surface area (TPSA) is 95.9 Å². The minimum atomic E-state index is -5.03. The Morgan fingerprint density at radius 1 is 1.00 bits per heavy atom. The van der Waals surface area contributed by atoms with Crippen LogP contribution >= 0.6 is 0 Å². The number of carbonyl (C=O) groups is 2. The Balaban J connectivity index is 1.40. The normalized spacial score (nSPS) is 23.8.